The van der Waals surface area contributed by atoms with Crippen LogP contribution in [0.5, 0.6) is 11.6 Å². The first-order valence-electron chi connectivity index (χ1n) is 4.62. The van der Waals surface area contributed by atoms with Crippen LogP contribution in [0, 0.1) is 0 Å². The van der Waals surface area contributed by atoms with E-state index < -0.39 is 0 Å². The van der Waals surface area contributed by atoms with Crippen molar-refractivity contribution in [3.8, 4) is 11.6 Å². The summed E-state index contributed by atoms with van der Waals surface area (Å²) >= 11 is 3.35. The maximum absolute atomic E-state index is 10.4. The quantitative estimate of drug-likeness (QED) is 0.807. The maximum atomic E-state index is 10.4. The van der Waals surface area contributed by atoms with Crippen LogP contribution in [-0.4, -0.2) is 11.3 Å². The Bertz CT molecular complexity index is 497. The Morgan fingerprint density at radius 2 is 2.12 bits per heavy atom. The Morgan fingerprint density at radius 1 is 1.25 bits per heavy atom. The van der Waals surface area contributed by atoms with Gasteiger partial charge in [0.15, 0.2) is 6.29 Å². The molecule has 1 heterocycles. The first-order valence-corrected chi connectivity index (χ1v) is 5.42. The molecular weight excluding hydrogens is 270 g/mol. The number of carbonyl (C=O) groups is 1. The summed E-state index contributed by atoms with van der Waals surface area (Å²) in [4.78, 5) is 14.4. The average molecular weight is 278 g/mol. The van der Waals surface area contributed by atoms with Crippen LogP contribution in [0.1, 0.15) is 10.4 Å². The fourth-order valence-electron chi connectivity index (χ4n) is 1.17. The molecule has 0 saturated carbocycles. The largest absolute Gasteiger partial charge is 0.439 e. The summed E-state index contributed by atoms with van der Waals surface area (Å²) in [5.41, 5.74) is 0.529. The summed E-state index contributed by atoms with van der Waals surface area (Å²) < 4.78 is 6.44. The minimum Gasteiger partial charge on any atom is -0.439 e. The number of pyridine rings is 1. The molecule has 4 heteroatoms. The van der Waals surface area contributed by atoms with Gasteiger partial charge in [0.2, 0.25) is 5.88 Å². The third kappa shape index (κ3) is 2.67. The minimum atomic E-state index is 0.462. The summed E-state index contributed by atoms with van der Waals surface area (Å²) in [6.45, 7) is 0. The first kappa shape index (κ1) is 10.8. The zero-order valence-electron chi connectivity index (χ0n) is 8.26. The Kier molecular flexibility index (Phi) is 3.31. The van der Waals surface area contributed by atoms with Gasteiger partial charge in [-0.2, -0.15) is 0 Å². The number of rotatable bonds is 3. The molecule has 0 radical (unpaired) electrons. The van der Waals surface area contributed by atoms with Crippen molar-refractivity contribution in [1.82, 2.24) is 4.98 Å². The number of aromatic nitrogens is 1. The van der Waals surface area contributed by atoms with E-state index in [-0.39, 0.29) is 0 Å². The van der Waals surface area contributed by atoms with Gasteiger partial charge in [0.1, 0.15) is 5.75 Å². The van der Waals surface area contributed by atoms with Crippen molar-refractivity contribution in [1.29, 1.82) is 0 Å². The Labute approximate surface area is 101 Å². The van der Waals surface area contributed by atoms with Crippen LogP contribution >= 0.6 is 15.9 Å². The van der Waals surface area contributed by atoms with Crippen LogP contribution in [0.25, 0.3) is 0 Å². The number of carbonyl (C=O) groups excluding carboxylic acids is 1. The monoisotopic (exact) mass is 277 g/mol. The lowest BCUT2D eigenvalue weighted by Gasteiger charge is -2.04. The lowest BCUT2D eigenvalue weighted by atomic mass is 10.3. The summed E-state index contributed by atoms with van der Waals surface area (Å²) in [6, 6.07) is 10.8. The van der Waals surface area contributed by atoms with Crippen molar-refractivity contribution < 1.29 is 9.53 Å². The molecule has 0 fully saturated rings. The van der Waals surface area contributed by atoms with Gasteiger partial charge in [-0.15, -0.1) is 0 Å². The summed E-state index contributed by atoms with van der Waals surface area (Å²) in [5, 5.41) is 0. The van der Waals surface area contributed by atoms with E-state index >= 15 is 0 Å². The minimum absolute atomic E-state index is 0.462. The molecule has 2 aromatic rings. The van der Waals surface area contributed by atoms with E-state index in [1.165, 1.54) is 6.20 Å². The van der Waals surface area contributed by atoms with Crippen LogP contribution in [0.4, 0.5) is 0 Å². The lowest BCUT2D eigenvalue weighted by Crippen LogP contribution is -1.89. The van der Waals surface area contributed by atoms with Gasteiger partial charge in [0.05, 0.1) is 0 Å². The van der Waals surface area contributed by atoms with Crippen LogP contribution in [0.2, 0.25) is 0 Å². The third-order valence-electron chi connectivity index (χ3n) is 1.91. The van der Waals surface area contributed by atoms with E-state index in [2.05, 4.69) is 20.9 Å². The van der Waals surface area contributed by atoms with Crippen molar-refractivity contribution in [3.05, 3.63) is 52.6 Å². The van der Waals surface area contributed by atoms with Crippen molar-refractivity contribution in [2.75, 3.05) is 0 Å². The number of aldehydes is 1. The second-order valence-electron chi connectivity index (χ2n) is 3.11. The van der Waals surface area contributed by atoms with Gasteiger partial charge in [-0.25, -0.2) is 4.98 Å². The molecule has 0 saturated heterocycles. The molecular formula is C12H8BrNO2. The zero-order valence-corrected chi connectivity index (χ0v) is 9.85. The standard InChI is InChI=1S/C12H8BrNO2/c13-10-2-1-3-11(6-10)16-12-5-4-9(8-15)7-14-12/h1-8H. The van der Waals surface area contributed by atoms with Crippen LogP contribution in [0.3, 0.4) is 0 Å². The summed E-state index contributed by atoms with van der Waals surface area (Å²) in [6.07, 6.45) is 2.22. The van der Waals surface area contributed by atoms with Crippen molar-refractivity contribution in [3.63, 3.8) is 0 Å². The SMILES string of the molecule is O=Cc1ccc(Oc2cccc(Br)c2)nc1. The number of halogens is 1. The highest BCUT2D eigenvalue weighted by Crippen LogP contribution is 2.22. The van der Waals surface area contributed by atoms with E-state index in [9.17, 15) is 4.79 Å². The van der Waals surface area contributed by atoms with Gasteiger partial charge in [-0.1, -0.05) is 22.0 Å². The van der Waals surface area contributed by atoms with E-state index in [0.717, 1.165) is 10.8 Å². The third-order valence-corrected chi connectivity index (χ3v) is 2.41. The highest BCUT2D eigenvalue weighted by atomic mass is 79.9. The number of hydrogen-bond acceptors (Lipinski definition) is 3. The number of benzene rings is 1. The fraction of sp³-hybridized carbons (Fsp3) is 0. The smallest absolute Gasteiger partial charge is 0.219 e. The highest BCUT2D eigenvalue weighted by molar-refractivity contribution is 9.10. The van der Waals surface area contributed by atoms with Crippen LogP contribution in [-0.2, 0) is 0 Å². The molecule has 80 valence electrons. The van der Waals surface area contributed by atoms with E-state index in [1.807, 2.05) is 24.3 Å². The molecule has 0 aliphatic heterocycles. The second-order valence-corrected chi connectivity index (χ2v) is 4.02. The maximum Gasteiger partial charge on any atom is 0.219 e. The molecule has 0 unspecified atom stereocenters. The molecule has 16 heavy (non-hydrogen) atoms. The molecule has 0 N–H and O–H groups in total. The summed E-state index contributed by atoms with van der Waals surface area (Å²) in [5.74, 6) is 1.16. The molecule has 1 aromatic carbocycles. The number of ether oxygens (including phenoxy) is 1. The van der Waals surface area contributed by atoms with Gasteiger partial charge in [-0.3, -0.25) is 4.79 Å². The number of nitrogens with zero attached hydrogens (tertiary/aromatic N) is 1. The lowest BCUT2D eigenvalue weighted by molar-refractivity contribution is 0.112. The van der Waals surface area contributed by atoms with Gasteiger partial charge < -0.3 is 4.74 Å². The Balaban J connectivity index is 2.17. The summed E-state index contributed by atoms with van der Waals surface area (Å²) in [7, 11) is 0. The van der Waals surface area contributed by atoms with Crippen molar-refractivity contribution in [2.45, 2.75) is 0 Å². The molecule has 2 rings (SSSR count). The molecule has 0 bridgehead atoms. The van der Waals surface area contributed by atoms with Gasteiger partial charge in [0.25, 0.3) is 0 Å². The van der Waals surface area contributed by atoms with Crippen molar-refractivity contribution >= 4 is 22.2 Å². The first-order chi connectivity index (χ1) is 7.78. The molecule has 0 spiro atoms. The topological polar surface area (TPSA) is 39.2 Å². The predicted molar refractivity (Wildman–Crippen MR) is 63.8 cm³/mol. The van der Waals surface area contributed by atoms with Gasteiger partial charge in [-0.05, 0) is 24.3 Å². The second kappa shape index (κ2) is 4.90. The molecule has 3 nitrogen and oxygen atoms in total. The highest BCUT2D eigenvalue weighted by Gasteiger charge is 1.99. The van der Waals surface area contributed by atoms with Crippen molar-refractivity contribution in [2.24, 2.45) is 0 Å². The van der Waals surface area contributed by atoms with Gasteiger partial charge in [0, 0.05) is 22.3 Å². The Morgan fingerprint density at radius 3 is 2.75 bits per heavy atom. The molecule has 0 aliphatic carbocycles. The molecule has 0 atom stereocenters. The molecule has 0 aliphatic rings. The van der Waals surface area contributed by atoms with E-state index in [0.29, 0.717) is 17.2 Å². The van der Waals surface area contributed by atoms with Crippen LogP contribution < -0.4 is 4.74 Å². The molecule has 1 aromatic heterocycles. The van der Waals surface area contributed by atoms with Crippen LogP contribution in [0.15, 0.2) is 47.1 Å². The fourth-order valence-corrected chi connectivity index (χ4v) is 1.55. The Hall–Kier alpha value is -1.68. The number of hydrogen-bond donors (Lipinski definition) is 0. The van der Waals surface area contributed by atoms with E-state index in [4.69, 9.17) is 4.74 Å². The van der Waals surface area contributed by atoms with Gasteiger partial charge >= 0.3 is 0 Å². The predicted octanol–water partition coefficient (Wildman–Crippen LogP) is 3.45. The molecule has 0 amide bonds. The average Bonchev–Trinajstić information content (AvgIpc) is 2.30. The zero-order chi connectivity index (χ0) is 11.4. The normalized spacial score (nSPS) is 9.81. The van der Waals surface area contributed by atoms with E-state index in [1.54, 1.807) is 12.1 Å².